The fraction of sp³-hybridized carbons (Fsp3) is 0.594. The molecule has 2 nitrogen and oxygen atoms in total. The Labute approximate surface area is 210 Å². The minimum Gasteiger partial charge on any atom is -0.494 e. The third kappa shape index (κ3) is 14.2. The summed E-state index contributed by atoms with van der Waals surface area (Å²) in [6.45, 7) is 3.12. The quantitative estimate of drug-likeness (QED) is 0.140. The smallest absolute Gasteiger partial charge is 0.169 e. The first-order valence-electron chi connectivity index (χ1n) is 14.1. The van der Waals surface area contributed by atoms with Gasteiger partial charge in [-0.3, -0.25) is 0 Å². The first kappa shape index (κ1) is 28.1. The van der Waals surface area contributed by atoms with Crippen LogP contribution in [0.25, 0.3) is 12.2 Å². The number of aromatic nitrogens is 1. The largest absolute Gasteiger partial charge is 0.494 e. The lowest BCUT2D eigenvalue weighted by Gasteiger charge is -2.07. The van der Waals surface area contributed by atoms with Gasteiger partial charge in [0.1, 0.15) is 12.8 Å². The molecule has 0 radical (unpaired) electrons. The van der Waals surface area contributed by atoms with Crippen molar-refractivity contribution in [3.8, 4) is 5.75 Å². The average Bonchev–Trinajstić information content (AvgIpc) is 2.86. The molecule has 0 spiro atoms. The first-order valence-corrected chi connectivity index (χ1v) is 14.1. The van der Waals surface area contributed by atoms with Crippen LogP contribution < -0.4 is 9.30 Å². The van der Waals surface area contributed by atoms with Crippen molar-refractivity contribution in [3.05, 3.63) is 59.9 Å². The van der Waals surface area contributed by atoms with Crippen LogP contribution in [0.5, 0.6) is 5.75 Å². The molecule has 0 aliphatic rings. The van der Waals surface area contributed by atoms with Crippen LogP contribution in [0, 0.1) is 0 Å². The standard InChI is InChI=1S/C32H50NO/c1-3-4-5-6-7-8-9-10-11-12-13-14-15-16-17-18-29-34-32-23-21-30(22-24-32)19-20-31-25-27-33(2)28-26-31/h19-28H,3-18,29H2,1-2H3/q+1/b20-19+. The molecule has 34 heavy (non-hydrogen) atoms. The van der Waals surface area contributed by atoms with Crippen LogP contribution in [0.2, 0.25) is 0 Å². The highest BCUT2D eigenvalue weighted by atomic mass is 16.5. The van der Waals surface area contributed by atoms with E-state index in [1.165, 1.54) is 107 Å². The van der Waals surface area contributed by atoms with Crippen molar-refractivity contribution in [2.24, 2.45) is 7.05 Å². The molecule has 2 rings (SSSR count). The molecule has 0 unspecified atom stereocenters. The zero-order chi connectivity index (χ0) is 24.1. The maximum Gasteiger partial charge on any atom is 0.169 e. The molecule has 2 aromatic rings. The maximum atomic E-state index is 5.93. The predicted octanol–water partition coefficient (Wildman–Crippen LogP) is 9.32. The van der Waals surface area contributed by atoms with E-state index in [0.29, 0.717) is 0 Å². The van der Waals surface area contributed by atoms with Gasteiger partial charge in [0, 0.05) is 12.1 Å². The Morgan fingerprint density at radius 1 is 0.559 bits per heavy atom. The summed E-state index contributed by atoms with van der Waals surface area (Å²) in [5, 5.41) is 0. The zero-order valence-electron chi connectivity index (χ0n) is 22.1. The van der Waals surface area contributed by atoms with Crippen LogP contribution in [0.4, 0.5) is 0 Å². The van der Waals surface area contributed by atoms with Crippen LogP contribution >= 0.6 is 0 Å². The van der Waals surface area contributed by atoms with Crippen molar-refractivity contribution >= 4 is 12.2 Å². The lowest BCUT2D eigenvalue weighted by Crippen LogP contribution is -2.25. The molecule has 1 heterocycles. The summed E-state index contributed by atoms with van der Waals surface area (Å²) in [5.41, 5.74) is 2.41. The molecule has 0 amide bonds. The zero-order valence-corrected chi connectivity index (χ0v) is 22.1. The third-order valence-electron chi connectivity index (χ3n) is 6.62. The molecule has 0 N–H and O–H groups in total. The van der Waals surface area contributed by atoms with Gasteiger partial charge < -0.3 is 4.74 Å². The molecular formula is C32H50NO+. The maximum absolute atomic E-state index is 5.93. The fourth-order valence-electron chi connectivity index (χ4n) is 4.33. The molecule has 188 valence electrons. The molecule has 0 aliphatic carbocycles. The van der Waals surface area contributed by atoms with Gasteiger partial charge >= 0.3 is 0 Å². The molecule has 0 fully saturated rings. The second kappa shape index (κ2) is 19.2. The Balaban J connectivity index is 1.39. The van der Waals surface area contributed by atoms with E-state index in [1.54, 1.807) is 0 Å². The second-order valence-electron chi connectivity index (χ2n) is 9.85. The SMILES string of the molecule is CCCCCCCCCCCCCCCCCCOc1ccc(/C=C/c2cc[n+](C)cc2)cc1. The van der Waals surface area contributed by atoms with Crippen LogP contribution in [0.3, 0.4) is 0 Å². The summed E-state index contributed by atoms with van der Waals surface area (Å²) in [7, 11) is 2.03. The molecule has 0 atom stereocenters. The van der Waals surface area contributed by atoms with E-state index in [1.807, 2.05) is 11.6 Å². The van der Waals surface area contributed by atoms with Crippen LogP contribution in [0.1, 0.15) is 121 Å². The number of rotatable bonds is 20. The minimum absolute atomic E-state index is 0.828. The number of pyridine rings is 1. The molecule has 2 heteroatoms. The fourth-order valence-corrected chi connectivity index (χ4v) is 4.33. The Morgan fingerprint density at radius 3 is 1.44 bits per heavy atom. The summed E-state index contributed by atoms with van der Waals surface area (Å²) in [5.74, 6) is 0.977. The van der Waals surface area contributed by atoms with Gasteiger partial charge in [-0.05, 0) is 29.7 Å². The van der Waals surface area contributed by atoms with Crippen molar-refractivity contribution in [1.29, 1.82) is 0 Å². The Hall–Kier alpha value is -2.09. The van der Waals surface area contributed by atoms with Crippen molar-refractivity contribution in [1.82, 2.24) is 0 Å². The highest BCUT2D eigenvalue weighted by Crippen LogP contribution is 2.16. The summed E-state index contributed by atoms with van der Waals surface area (Å²) in [6, 6.07) is 12.6. The topological polar surface area (TPSA) is 13.1 Å². The van der Waals surface area contributed by atoms with Crippen LogP contribution in [0.15, 0.2) is 48.8 Å². The highest BCUT2D eigenvalue weighted by molar-refractivity contribution is 5.69. The average molecular weight is 465 g/mol. The summed E-state index contributed by atoms with van der Waals surface area (Å²) < 4.78 is 7.97. The van der Waals surface area contributed by atoms with Gasteiger partial charge in [0.05, 0.1) is 6.61 Å². The van der Waals surface area contributed by atoms with Crippen molar-refractivity contribution in [2.45, 2.75) is 110 Å². The van der Waals surface area contributed by atoms with Gasteiger partial charge in [0.2, 0.25) is 0 Å². The minimum atomic E-state index is 0.828. The Kier molecular flexibility index (Phi) is 15.9. The van der Waals surface area contributed by atoms with E-state index < -0.39 is 0 Å². The summed E-state index contributed by atoms with van der Waals surface area (Å²) in [4.78, 5) is 0. The summed E-state index contributed by atoms with van der Waals surface area (Å²) >= 11 is 0. The van der Waals surface area contributed by atoms with E-state index in [4.69, 9.17) is 4.74 Å². The highest BCUT2D eigenvalue weighted by Gasteiger charge is 1.97. The first-order chi connectivity index (χ1) is 16.8. The number of aryl methyl sites for hydroxylation is 1. The van der Waals surface area contributed by atoms with E-state index in [2.05, 4.69) is 67.9 Å². The molecule has 1 aromatic carbocycles. The van der Waals surface area contributed by atoms with Crippen molar-refractivity contribution < 1.29 is 9.30 Å². The molecule has 0 saturated heterocycles. The second-order valence-corrected chi connectivity index (χ2v) is 9.85. The van der Waals surface area contributed by atoms with Gasteiger partial charge in [-0.15, -0.1) is 0 Å². The van der Waals surface area contributed by atoms with Gasteiger partial charge in [-0.2, -0.15) is 0 Å². The van der Waals surface area contributed by atoms with Crippen LogP contribution in [-0.2, 0) is 7.05 Å². The molecular weight excluding hydrogens is 414 g/mol. The number of hydrogen-bond donors (Lipinski definition) is 0. The van der Waals surface area contributed by atoms with Gasteiger partial charge in [-0.25, -0.2) is 4.57 Å². The van der Waals surface area contributed by atoms with E-state index in [0.717, 1.165) is 18.8 Å². The lowest BCUT2D eigenvalue weighted by atomic mass is 10.0. The molecule has 0 saturated carbocycles. The summed E-state index contributed by atoms with van der Waals surface area (Å²) in [6.07, 6.45) is 30.8. The normalized spacial score (nSPS) is 11.4. The molecule has 0 bridgehead atoms. The van der Waals surface area contributed by atoms with Gasteiger partial charge in [0.15, 0.2) is 12.4 Å². The van der Waals surface area contributed by atoms with Gasteiger partial charge in [0.25, 0.3) is 0 Å². The lowest BCUT2D eigenvalue weighted by molar-refractivity contribution is -0.671. The van der Waals surface area contributed by atoms with Crippen molar-refractivity contribution in [2.75, 3.05) is 6.61 Å². The Morgan fingerprint density at radius 2 is 0.971 bits per heavy atom. The van der Waals surface area contributed by atoms with Gasteiger partial charge in [-0.1, -0.05) is 128 Å². The number of unbranched alkanes of at least 4 members (excludes halogenated alkanes) is 15. The number of benzene rings is 1. The van der Waals surface area contributed by atoms with E-state index >= 15 is 0 Å². The monoisotopic (exact) mass is 464 g/mol. The Bertz CT molecular complexity index is 748. The molecule has 1 aromatic heterocycles. The van der Waals surface area contributed by atoms with E-state index in [9.17, 15) is 0 Å². The predicted molar refractivity (Wildman–Crippen MR) is 148 cm³/mol. The van der Waals surface area contributed by atoms with E-state index in [-0.39, 0.29) is 0 Å². The molecule has 0 aliphatic heterocycles. The number of ether oxygens (including phenoxy) is 1. The van der Waals surface area contributed by atoms with Crippen molar-refractivity contribution in [3.63, 3.8) is 0 Å². The van der Waals surface area contributed by atoms with Crippen LogP contribution in [-0.4, -0.2) is 6.61 Å². The number of nitrogens with zero attached hydrogens (tertiary/aromatic N) is 1. The third-order valence-corrected chi connectivity index (χ3v) is 6.62. The number of hydrogen-bond acceptors (Lipinski definition) is 1.